The number of nitrogens with two attached hydrogens (primary N) is 4. The summed E-state index contributed by atoms with van der Waals surface area (Å²) < 4.78 is 12.1. The summed E-state index contributed by atoms with van der Waals surface area (Å²) in [4.78, 5) is 87.4. The van der Waals surface area contributed by atoms with Crippen LogP contribution in [0.15, 0.2) is 66.7 Å². The molecule has 68 heavy (non-hydrogen) atoms. The van der Waals surface area contributed by atoms with Gasteiger partial charge in [0.05, 0.1) is 16.6 Å². The molecule has 0 spiro atoms. The van der Waals surface area contributed by atoms with Gasteiger partial charge in [0.15, 0.2) is 5.69 Å². The Morgan fingerprint density at radius 1 is 0.941 bits per heavy atom. The van der Waals surface area contributed by atoms with E-state index in [0.29, 0.717) is 33.8 Å². The summed E-state index contributed by atoms with van der Waals surface area (Å²) in [5.41, 5.74) is 25.7. The van der Waals surface area contributed by atoms with E-state index in [1.165, 1.54) is 14.0 Å². The number of nitrogens with zero attached hydrogens (tertiary/aromatic N) is 4. The number of likely N-dealkylation sites (N-methyl/N-ethyl adjacent to an activating group) is 1. The lowest BCUT2D eigenvalue weighted by molar-refractivity contribution is -0.384. The van der Waals surface area contributed by atoms with Crippen LogP contribution in [0.3, 0.4) is 0 Å². The molecule has 2 heterocycles. The molecule has 0 radical (unpaired) electrons. The van der Waals surface area contributed by atoms with Gasteiger partial charge in [-0.05, 0) is 66.3 Å². The Balaban J connectivity index is 1.59. The first-order valence-corrected chi connectivity index (χ1v) is 21.8. The fourth-order valence-electron chi connectivity index (χ4n) is 7.54. The quantitative estimate of drug-likeness (QED) is 0.0450. The van der Waals surface area contributed by atoms with E-state index in [1.807, 2.05) is 39.0 Å². The summed E-state index contributed by atoms with van der Waals surface area (Å²) in [7, 11) is 1.32. The molecule has 4 unspecified atom stereocenters. The summed E-state index contributed by atoms with van der Waals surface area (Å²) in [5.74, 6) is -3.72. The lowest BCUT2D eigenvalue weighted by Gasteiger charge is -2.32. The normalized spacial score (nSPS) is 16.4. The van der Waals surface area contributed by atoms with Crippen molar-refractivity contribution in [2.45, 2.75) is 70.1 Å². The zero-order valence-corrected chi connectivity index (χ0v) is 38.6. The van der Waals surface area contributed by atoms with Crippen LogP contribution in [0.25, 0.3) is 22.4 Å². The van der Waals surface area contributed by atoms with Gasteiger partial charge < -0.3 is 58.6 Å². The topological polar surface area (TPSA) is 339 Å². The number of pyridine rings is 1. The van der Waals surface area contributed by atoms with Gasteiger partial charge in [0.1, 0.15) is 61.2 Å². The van der Waals surface area contributed by atoms with Crippen molar-refractivity contribution in [2.24, 2.45) is 17.2 Å². The minimum atomic E-state index is -1.51. The highest BCUT2D eigenvalue weighted by Crippen LogP contribution is 2.40. The van der Waals surface area contributed by atoms with E-state index in [0.717, 1.165) is 16.5 Å². The van der Waals surface area contributed by atoms with Crippen molar-refractivity contribution in [1.29, 1.82) is 5.26 Å². The van der Waals surface area contributed by atoms with E-state index >= 15 is 0 Å². The maximum atomic E-state index is 14.7. The van der Waals surface area contributed by atoms with Crippen LogP contribution in [0.1, 0.15) is 67.2 Å². The van der Waals surface area contributed by atoms with Gasteiger partial charge in [-0.25, -0.2) is 4.98 Å². The van der Waals surface area contributed by atoms with Crippen LogP contribution in [0.2, 0.25) is 0 Å². The lowest BCUT2D eigenvalue weighted by Crippen LogP contribution is -2.56. The molecule has 21 heteroatoms. The molecule has 21 nitrogen and oxygen atoms in total. The van der Waals surface area contributed by atoms with Gasteiger partial charge >= 0.3 is 0 Å². The first kappa shape index (κ1) is 51.3. The van der Waals surface area contributed by atoms with Crippen LogP contribution in [-0.4, -0.2) is 109 Å². The highest BCUT2D eigenvalue weighted by molar-refractivity contribution is 6.03. The number of anilines is 1. The van der Waals surface area contributed by atoms with Gasteiger partial charge in [-0.2, -0.15) is 5.26 Å². The number of hydrogen-bond acceptors (Lipinski definition) is 15. The number of carbonyl (C=O) groups is 5. The SMILES string of the molecule is CC1NC(=O)C(N(C)C(=O)C(CCN)NC(=O)c2cc([N+](=O)[O-])c(-c3ccc(C(C)(C)C)cc3)nc2N)c2ccc(OCCN)c(c2)-c2cc(ccc2OCCN)CC(C(=O)NCC#N)NC1=O. The Bertz CT molecular complexity index is 2580. The highest BCUT2D eigenvalue weighted by atomic mass is 16.6. The van der Waals surface area contributed by atoms with E-state index in [1.54, 1.807) is 48.5 Å². The number of nitro groups is 1. The molecule has 3 aromatic carbocycles. The summed E-state index contributed by atoms with van der Waals surface area (Å²) >= 11 is 0. The Labute approximate surface area is 393 Å². The third-order valence-corrected chi connectivity index (χ3v) is 11.1. The molecule has 4 bridgehead atoms. The number of nitrogen functional groups attached to an aromatic ring is 1. The summed E-state index contributed by atoms with van der Waals surface area (Å²) in [6, 6.07) is 14.3. The van der Waals surface area contributed by atoms with Crippen molar-refractivity contribution < 1.29 is 38.4 Å². The molecular weight excluding hydrogens is 877 g/mol. The van der Waals surface area contributed by atoms with E-state index in [-0.39, 0.29) is 80.3 Å². The minimum Gasteiger partial charge on any atom is -0.492 e. The van der Waals surface area contributed by atoms with Gasteiger partial charge in [0.2, 0.25) is 23.6 Å². The molecule has 12 N–H and O–H groups in total. The number of nitrogens with one attached hydrogen (secondary N) is 4. The zero-order valence-electron chi connectivity index (χ0n) is 38.6. The summed E-state index contributed by atoms with van der Waals surface area (Å²) in [6.07, 6.45) is -0.192. The number of aromatic nitrogens is 1. The summed E-state index contributed by atoms with van der Waals surface area (Å²) in [5, 5.41) is 31.9. The van der Waals surface area contributed by atoms with Crippen molar-refractivity contribution in [3.05, 3.63) is 99.1 Å². The average Bonchev–Trinajstić information content (AvgIpc) is 3.30. The maximum Gasteiger partial charge on any atom is 0.296 e. The van der Waals surface area contributed by atoms with E-state index < -0.39 is 64.3 Å². The fourth-order valence-corrected chi connectivity index (χ4v) is 7.54. The monoisotopic (exact) mass is 934 g/mol. The van der Waals surface area contributed by atoms with Crippen LogP contribution < -0.4 is 53.7 Å². The lowest BCUT2D eigenvalue weighted by atomic mass is 9.86. The minimum absolute atomic E-state index is 0.0364. The molecule has 0 fully saturated rings. The molecule has 0 aliphatic carbocycles. The molecular formula is C47H58N12O9. The number of amides is 5. The fraction of sp³-hybridized carbons (Fsp3) is 0.383. The average molecular weight is 935 g/mol. The molecule has 1 aliphatic heterocycles. The standard InChI is InChI=1S/C47H58N12O9/c1-26-42(60)56-35(44(62)53-19-16-49)23-27-6-12-37(67-20-17-50)31(22-27)32-24-29(9-13-38(32)68-21-18-51)40(45(63)54-26)58(5)46(64)34(14-15-48)55-43(61)33-25-36(59(65)66)39(57-41(33)52)28-7-10-30(11-8-28)47(2,3)4/h6-13,22,24-26,34-35,40H,14-15,17-21,23,48,50-51H2,1-5H3,(H2,52,57)(H,53,62)(H,54,63)(H,55,61)(H,56,60). The molecule has 5 rings (SSSR count). The molecule has 0 saturated heterocycles. The summed E-state index contributed by atoms with van der Waals surface area (Å²) in [6.45, 7) is 7.51. The molecule has 360 valence electrons. The first-order chi connectivity index (χ1) is 32.3. The molecule has 5 amide bonds. The van der Waals surface area contributed by atoms with Crippen molar-refractivity contribution in [1.82, 2.24) is 31.2 Å². The Morgan fingerprint density at radius 2 is 1.57 bits per heavy atom. The van der Waals surface area contributed by atoms with Gasteiger partial charge in [-0.3, -0.25) is 34.1 Å². The number of ether oxygens (including phenoxy) is 2. The van der Waals surface area contributed by atoms with Gasteiger partial charge in [0.25, 0.3) is 11.6 Å². The Kier molecular flexibility index (Phi) is 17.1. The third-order valence-electron chi connectivity index (χ3n) is 11.1. The highest BCUT2D eigenvalue weighted by Gasteiger charge is 2.37. The molecule has 0 saturated carbocycles. The van der Waals surface area contributed by atoms with Crippen molar-refractivity contribution in [3.8, 4) is 40.0 Å². The largest absolute Gasteiger partial charge is 0.492 e. The Hall–Kier alpha value is -7.67. The van der Waals surface area contributed by atoms with Gasteiger partial charge in [-0.15, -0.1) is 0 Å². The second-order valence-electron chi connectivity index (χ2n) is 17.1. The van der Waals surface area contributed by atoms with Crippen LogP contribution in [0.5, 0.6) is 11.5 Å². The second-order valence-corrected chi connectivity index (χ2v) is 17.1. The molecule has 1 aromatic heterocycles. The predicted octanol–water partition coefficient (Wildman–Crippen LogP) is 1.71. The number of fused-ring (bicyclic) bond motifs is 5. The predicted molar refractivity (Wildman–Crippen MR) is 253 cm³/mol. The van der Waals surface area contributed by atoms with Crippen molar-refractivity contribution in [3.63, 3.8) is 0 Å². The van der Waals surface area contributed by atoms with E-state index in [9.17, 15) is 34.1 Å². The van der Waals surface area contributed by atoms with E-state index in [4.69, 9.17) is 37.7 Å². The zero-order chi connectivity index (χ0) is 49.9. The van der Waals surface area contributed by atoms with Gasteiger partial charge in [0, 0.05) is 49.3 Å². The number of carbonyl (C=O) groups excluding carboxylic acids is 5. The van der Waals surface area contributed by atoms with Crippen LogP contribution >= 0.6 is 0 Å². The number of rotatable bonds is 16. The van der Waals surface area contributed by atoms with Crippen LogP contribution in [0, 0.1) is 21.4 Å². The van der Waals surface area contributed by atoms with Crippen LogP contribution in [-0.2, 0) is 31.0 Å². The molecule has 1 aliphatic rings. The Morgan fingerprint density at radius 3 is 2.16 bits per heavy atom. The van der Waals surface area contributed by atoms with Crippen LogP contribution in [0.4, 0.5) is 11.5 Å². The maximum absolute atomic E-state index is 14.7. The molecule has 4 atom stereocenters. The number of nitriles is 1. The van der Waals surface area contributed by atoms with E-state index in [2.05, 4.69) is 26.3 Å². The number of benzene rings is 3. The number of hydrogen-bond donors (Lipinski definition) is 8. The third kappa shape index (κ3) is 12.2. The van der Waals surface area contributed by atoms with Crippen molar-refractivity contribution >= 4 is 41.0 Å². The molecule has 4 aromatic rings. The van der Waals surface area contributed by atoms with Crippen molar-refractivity contribution in [2.75, 3.05) is 52.2 Å². The van der Waals surface area contributed by atoms with Gasteiger partial charge in [-0.1, -0.05) is 57.2 Å². The first-order valence-electron chi connectivity index (χ1n) is 21.8. The second kappa shape index (κ2) is 22.7. The smallest absolute Gasteiger partial charge is 0.296 e.